The van der Waals surface area contributed by atoms with Crippen LogP contribution in [0.4, 0.5) is 5.69 Å². The quantitative estimate of drug-likeness (QED) is 0.0232. The molecule has 0 bridgehead atoms. The predicted molar refractivity (Wildman–Crippen MR) is 272 cm³/mol. The van der Waals surface area contributed by atoms with Gasteiger partial charge in [-0.15, -0.1) is 11.8 Å². The van der Waals surface area contributed by atoms with Gasteiger partial charge in [-0.1, -0.05) is 182 Å². The molecule has 8 aromatic rings. The number of hydrogen-bond acceptors (Lipinski definition) is 9. The van der Waals surface area contributed by atoms with Crippen molar-refractivity contribution in [1.82, 2.24) is 14.7 Å². The van der Waals surface area contributed by atoms with Crippen LogP contribution in [0.3, 0.4) is 0 Å². The number of esters is 2. The van der Waals surface area contributed by atoms with Crippen molar-refractivity contribution < 1.29 is 28.8 Å². The van der Waals surface area contributed by atoms with E-state index in [9.17, 15) is 14.9 Å². The predicted octanol–water partition coefficient (Wildman–Crippen LogP) is 9.31. The fourth-order valence-corrected chi connectivity index (χ4v) is 15.6. The molecule has 13 heteroatoms. The Morgan fingerprint density at radius 3 is 1.52 bits per heavy atom. The highest BCUT2D eigenvalue weighted by Gasteiger charge is 2.61. The summed E-state index contributed by atoms with van der Waals surface area (Å²) in [5, 5.41) is 17.5. The number of hydrogen-bond donors (Lipinski definition) is 0. The summed E-state index contributed by atoms with van der Waals surface area (Å²) in [6.07, 6.45) is 2.22. The van der Waals surface area contributed by atoms with Crippen molar-refractivity contribution in [2.24, 2.45) is 13.0 Å². The summed E-state index contributed by atoms with van der Waals surface area (Å²) in [5.41, 5.74) is 3.76. The number of carbonyl (C=O) groups excluding carboxylic acids is 3. The number of β-lactam (4-membered cyclic amide) rings is 1. The minimum absolute atomic E-state index is 0.105. The third kappa shape index (κ3) is 8.92. The van der Waals surface area contributed by atoms with E-state index in [-0.39, 0.29) is 17.7 Å². The van der Waals surface area contributed by atoms with Gasteiger partial charge in [0.05, 0.1) is 15.9 Å². The number of nitrogens with zero attached hydrogens (tertiary/aromatic N) is 4. The smallest absolute Gasteiger partial charge is 0.356 e. The first-order chi connectivity index (χ1) is 33.6. The molecule has 2 heterocycles. The van der Waals surface area contributed by atoms with Gasteiger partial charge < -0.3 is 9.47 Å². The van der Waals surface area contributed by atoms with E-state index >= 15 is 9.59 Å². The van der Waals surface area contributed by atoms with E-state index in [0.717, 1.165) is 32.6 Å². The minimum Gasteiger partial charge on any atom is -0.457 e. The molecule has 3 atom stereocenters. The van der Waals surface area contributed by atoms with Crippen LogP contribution in [0.15, 0.2) is 219 Å². The van der Waals surface area contributed by atoms with Gasteiger partial charge in [0.2, 0.25) is 5.91 Å². The average molecular weight is 951 g/mol. The van der Waals surface area contributed by atoms with Crippen molar-refractivity contribution in [3.63, 3.8) is 0 Å². The molecule has 1 fully saturated rings. The van der Waals surface area contributed by atoms with Crippen molar-refractivity contribution in [3.8, 4) is 0 Å². The number of nitro groups is 1. The van der Waals surface area contributed by atoms with Crippen molar-refractivity contribution >= 4 is 63.5 Å². The molecule has 1 saturated heterocycles. The number of likely N-dealkylation sites (tertiary alicyclic amines) is 1. The first-order valence-corrected chi connectivity index (χ1v) is 25.0. The summed E-state index contributed by atoms with van der Waals surface area (Å²) in [7, 11) is 1.76. The number of thioether (sulfide) groups is 1. The summed E-state index contributed by atoms with van der Waals surface area (Å²) in [4.78, 5) is 58.2. The van der Waals surface area contributed by atoms with Gasteiger partial charge in [-0.05, 0) is 50.3 Å². The van der Waals surface area contributed by atoms with E-state index in [1.54, 1.807) is 41.2 Å². The molecule has 1 aliphatic rings. The lowest BCUT2D eigenvalue weighted by molar-refractivity contribution is -0.384. The van der Waals surface area contributed by atoms with E-state index in [0.29, 0.717) is 11.1 Å². The zero-order valence-corrected chi connectivity index (χ0v) is 39.4. The van der Waals surface area contributed by atoms with Gasteiger partial charge in [0, 0.05) is 44.8 Å². The van der Waals surface area contributed by atoms with Crippen LogP contribution in [0.1, 0.15) is 40.8 Å². The Morgan fingerprint density at radius 2 is 1.13 bits per heavy atom. The van der Waals surface area contributed by atoms with Gasteiger partial charge in [-0.2, -0.15) is 5.10 Å². The first kappa shape index (κ1) is 46.3. The molecule has 0 radical (unpaired) electrons. The number of aromatic nitrogens is 2. The summed E-state index contributed by atoms with van der Waals surface area (Å²) in [6.45, 7) is -2.41. The summed E-state index contributed by atoms with van der Waals surface area (Å²) >= 11 is 1.49. The minimum atomic E-state index is -3.47. The SMILES string of the molecule is CC(=O)OC(c1cnn(C)c1)C1C(=O)N(C(C(=O)OCc2ccc([N+](=O)[O-])cc2)=P(c2ccccc2)(c2ccccc2)c2ccccc2)C1SC(c1ccccc1)(c1ccccc1)c1ccccc1. The molecular weight excluding hydrogens is 904 g/mol. The second-order valence-corrected chi connectivity index (χ2v) is 21.1. The largest absolute Gasteiger partial charge is 0.457 e. The van der Waals surface area contributed by atoms with Gasteiger partial charge in [0.25, 0.3) is 5.69 Å². The Kier molecular flexibility index (Phi) is 13.6. The molecule has 0 N–H and O–H groups in total. The van der Waals surface area contributed by atoms with Crippen LogP contribution in [-0.4, -0.2) is 48.2 Å². The molecule has 11 nitrogen and oxygen atoms in total. The van der Waals surface area contributed by atoms with Crippen LogP contribution < -0.4 is 15.9 Å². The molecule has 3 unspecified atom stereocenters. The van der Waals surface area contributed by atoms with Crippen LogP contribution in [0, 0.1) is 16.0 Å². The highest BCUT2D eigenvalue weighted by Crippen LogP contribution is 2.59. The summed E-state index contributed by atoms with van der Waals surface area (Å²) in [6, 6.07) is 65.2. The maximum Gasteiger partial charge on any atom is 0.356 e. The topological polar surface area (TPSA) is 134 Å². The first-order valence-electron chi connectivity index (χ1n) is 22.3. The monoisotopic (exact) mass is 950 g/mol. The van der Waals surface area contributed by atoms with Gasteiger partial charge in [0.15, 0.2) is 0 Å². The Bertz CT molecular complexity index is 2940. The summed E-state index contributed by atoms with van der Waals surface area (Å²) in [5.74, 6) is -2.86. The number of amides is 1. The second kappa shape index (κ2) is 20.2. The molecule has 69 heavy (non-hydrogen) atoms. The Hall–Kier alpha value is -7.79. The Morgan fingerprint density at radius 1 is 0.696 bits per heavy atom. The van der Waals surface area contributed by atoms with Crippen molar-refractivity contribution in [2.45, 2.75) is 29.8 Å². The zero-order valence-electron chi connectivity index (χ0n) is 37.7. The van der Waals surface area contributed by atoms with E-state index in [1.807, 2.05) is 146 Å². The van der Waals surface area contributed by atoms with Crippen LogP contribution in [-0.2, 0) is 42.3 Å². The normalized spacial score (nSPS) is 15.1. The Balaban J connectivity index is 1.38. The molecule has 0 aliphatic carbocycles. The number of non-ortho nitro benzene ring substituents is 1. The lowest BCUT2D eigenvalue weighted by atomic mass is 9.84. The van der Waals surface area contributed by atoms with Crippen LogP contribution in [0.2, 0.25) is 0 Å². The number of benzene rings is 7. The van der Waals surface area contributed by atoms with Crippen molar-refractivity contribution in [3.05, 3.63) is 257 Å². The van der Waals surface area contributed by atoms with Gasteiger partial charge in [0.1, 0.15) is 29.4 Å². The lowest BCUT2D eigenvalue weighted by Crippen LogP contribution is -2.67. The number of nitro benzene ring substituents is 1. The molecule has 344 valence electrons. The third-order valence-corrected chi connectivity index (χ3v) is 18.3. The molecule has 1 amide bonds. The van der Waals surface area contributed by atoms with Gasteiger partial charge in [-0.25, -0.2) is 4.79 Å². The second-order valence-electron chi connectivity index (χ2n) is 16.5. The van der Waals surface area contributed by atoms with E-state index in [4.69, 9.17) is 9.47 Å². The number of rotatable bonds is 16. The molecule has 1 aromatic heterocycles. The van der Waals surface area contributed by atoms with Gasteiger partial charge >= 0.3 is 11.9 Å². The zero-order chi connectivity index (χ0) is 48.0. The number of aryl methyl sites for hydroxylation is 1. The molecular formula is C56H47N4O7PS. The summed E-state index contributed by atoms with van der Waals surface area (Å²) < 4.78 is 13.2. The molecule has 9 rings (SSSR count). The van der Waals surface area contributed by atoms with Crippen LogP contribution in [0.25, 0.3) is 0 Å². The van der Waals surface area contributed by atoms with Crippen molar-refractivity contribution in [2.75, 3.05) is 0 Å². The fraction of sp³-hybridized carbons (Fsp3) is 0.125. The van der Waals surface area contributed by atoms with E-state index < -0.39 is 51.8 Å². The highest BCUT2D eigenvalue weighted by atomic mass is 32.2. The average Bonchev–Trinajstić information content (AvgIpc) is 3.84. The van der Waals surface area contributed by atoms with Crippen LogP contribution >= 0.6 is 18.6 Å². The third-order valence-electron chi connectivity index (χ3n) is 12.3. The molecule has 7 aromatic carbocycles. The van der Waals surface area contributed by atoms with Crippen LogP contribution in [0.5, 0.6) is 0 Å². The number of ether oxygens (including phenoxy) is 2. The maximum atomic E-state index is 16.2. The Labute approximate surface area is 404 Å². The fourth-order valence-electron chi connectivity index (χ4n) is 9.23. The maximum absolute atomic E-state index is 16.2. The van der Waals surface area contributed by atoms with Gasteiger partial charge in [-0.3, -0.25) is 29.3 Å². The molecule has 0 spiro atoms. The molecule has 0 saturated carbocycles. The van der Waals surface area contributed by atoms with E-state index in [2.05, 4.69) is 41.5 Å². The highest BCUT2D eigenvalue weighted by molar-refractivity contribution is 8.01. The van der Waals surface area contributed by atoms with Crippen molar-refractivity contribution in [1.29, 1.82) is 0 Å². The lowest BCUT2D eigenvalue weighted by Gasteiger charge is -2.53. The van der Waals surface area contributed by atoms with E-state index in [1.165, 1.54) is 30.8 Å². The molecule has 1 aliphatic heterocycles. The number of carbonyl (C=O) groups is 3. The standard InChI is InChI=1S/C56H47N4O7PS/c1-40(61)67-51(42-37-57-58(2)38-42)50-52(62)59(54(50)69-56(43-21-9-3-10-22-43,44-23-11-4-12-24-44)45-25-13-5-14-26-45)53(55(63)66-39-41-33-35-46(36-34-41)60(64)65)68(47-27-15-6-16-28-47,48-29-17-7-18-30-48)49-31-19-8-20-32-49/h3-38,50-51,54H,39H2,1-2H3.